The van der Waals surface area contributed by atoms with Crippen LogP contribution < -0.4 is 4.72 Å². The lowest BCUT2D eigenvalue weighted by molar-refractivity contribution is 0.0696. The van der Waals surface area contributed by atoms with Crippen LogP contribution in [0.2, 0.25) is 0 Å². The van der Waals surface area contributed by atoms with E-state index in [0.29, 0.717) is 12.5 Å². The van der Waals surface area contributed by atoms with E-state index in [1.165, 1.54) is 6.08 Å². The van der Waals surface area contributed by atoms with E-state index in [0.717, 1.165) is 12.1 Å². The molecule has 1 aromatic carbocycles. The number of rotatable bonds is 6. The zero-order valence-electron chi connectivity index (χ0n) is 9.39. The molecule has 7 heteroatoms. The van der Waals surface area contributed by atoms with Crippen LogP contribution >= 0.6 is 0 Å². The number of sulfonamides is 1. The van der Waals surface area contributed by atoms with Crippen molar-refractivity contribution in [1.29, 1.82) is 0 Å². The monoisotopic (exact) mass is 273 g/mol. The summed E-state index contributed by atoms with van der Waals surface area (Å²) in [5.41, 5.74) is -0.308. The highest BCUT2D eigenvalue weighted by atomic mass is 32.2. The Labute approximate surface area is 104 Å². The summed E-state index contributed by atoms with van der Waals surface area (Å²) in [7, 11) is -3.97. The molecule has 0 heterocycles. The van der Waals surface area contributed by atoms with E-state index in [2.05, 4.69) is 11.3 Å². The molecule has 1 rings (SSSR count). The molecule has 0 bridgehead atoms. The summed E-state index contributed by atoms with van der Waals surface area (Å²) >= 11 is 0. The van der Waals surface area contributed by atoms with E-state index in [4.69, 9.17) is 5.11 Å². The van der Waals surface area contributed by atoms with Gasteiger partial charge in [0.2, 0.25) is 10.0 Å². The Kier molecular flexibility index (Phi) is 4.57. The van der Waals surface area contributed by atoms with Gasteiger partial charge in [-0.2, -0.15) is 0 Å². The number of halogens is 1. The van der Waals surface area contributed by atoms with E-state index in [9.17, 15) is 17.6 Å². The highest BCUT2D eigenvalue weighted by Gasteiger charge is 2.19. The molecule has 0 aliphatic heterocycles. The standard InChI is InChI=1S/C11H12FNO4S/c1-2-3-6-13-18(16,17)10-5-4-8(11(14)15)7-9(10)12/h2,4-5,7,13H,1,3,6H2,(H,14,15). The summed E-state index contributed by atoms with van der Waals surface area (Å²) < 4.78 is 39.0. The van der Waals surface area contributed by atoms with Crippen molar-refractivity contribution in [2.45, 2.75) is 11.3 Å². The molecule has 0 aromatic heterocycles. The quantitative estimate of drug-likeness (QED) is 0.606. The van der Waals surface area contributed by atoms with Gasteiger partial charge in [-0.1, -0.05) is 6.08 Å². The lowest BCUT2D eigenvalue weighted by Crippen LogP contribution is -2.25. The van der Waals surface area contributed by atoms with Crippen molar-refractivity contribution in [3.8, 4) is 0 Å². The normalized spacial score (nSPS) is 11.2. The van der Waals surface area contributed by atoms with Gasteiger partial charge < -0.3 is 5.11 Å². The van der Waals surface area contributed by atoms with Crippen molar-refractivity contribution >= 4 is 16.0 Å². The van der Waals surface area contributed by atoms with Crippen LogP contribution in [0.5, 0.6) is 0 Å². The molecular formula is C11H12FNO4S. The Bertz CT molecular complexity index is 568. The summed E-state index contributed by atoms with van der Waals surface area (Å²) in [6.07, 6.45) is 1.93. The molecule has 2 N–H and O–H groups in total. The zero-order chi connectivity index (χ0) is 13.8. The maximum absolute atomic E-state index is 13.5. The third kappa shape index (κ3) is 3.38. The van der Waals surface area contributed by atoms with Gasteiger partial charge in [-0.25, -0.2) is 22.3 Å². The molecule has 98 valence electrons. The molecule has 0 spiro atoms. The van der Waals surface area contributed by atoms with Gasteiger partial charge in [-0.05, 0) is 24.6 Å². The molecule has 0 aliphatic rings. The molecular weight excluding hydrogens is 261 g/mol. The van der Waals surface area contributed by atoms with Crippen molar-refractivity contribution in [2.75, 3.05) is 6.54 Å². The fourth-order valence-corrected chi connectivity index (χ4v) is 2.33. The summed E-state index contributed by atoms with van der Waals surface area (Å²) in [6.45, 7) is 3.53. The predicted molar refractivity (Wildman–Crippen MR) is 63.4 cm³/mol. The Balaban J connectivity index is 3.02. The summed E-state index contributed by atoms with van der Waals surface area (Å²) in [5, 5.41) is 8.63. The van der Waals surface area contributed by atoms with E-state index in [1.807, 2.05) is 0 Å². The molecule has 18 heavy (non-hydrogen) atoms. The highest BCUT2D eigenvalue weighted by Crippen LogP contribution is 2.16. The summed E-state index contributed by atoms with van der Waals surface area (Å²) in [6, 6.07) is 2.63. The van der Waals surface area contributed by atoms with E-state index in [1.54, 1.807) is 0 Å². The van der Waals surface area contributed by atoms with Gasteiger partial charge in [0.05, 0.1) is 5.56 Å². The minimum absolute atomic E-state index is 0.103. The Morgan fingerprint density at radius 1 is 1.50 bits per heavy atom. The SMILES string of the molecule is C=CCCNS(=O)(=O)c1ccc(C(=O)O)cc1F. The first-order chi connectivity index (χ1) is 8.38. The molecule has 0 aliphatic carbocycles. The average molecular weight is 273 g/mol. The third-order valence-corrected chi connectivity index (χ3v) is 3.60. The highest BCUT2D eigenvalue weighted by molar-refractivity contribution is 7.89. The number of hydrogen-bond acceptors (Lipinski definition) is 3. The fourth-order valence-electron chi connectivity index (χ4n) is 1.22. The Morgan fingerprint density at radius 3 is 2.67 bits per heavy atom. The number of benzene rings is 1. The molecule has 0 fully saturated rings. The van der Waals surface area contributed by atoms with E-state index in [-0.39, 0.29) is 12.1 Å². The van der Waals surface area contributed by atoms with Crippen molar-refractivity contribution in [3.63, 3.8) is 0 Å². The first-order valence-electron chi connectivity index (χ1n) is 5.02. The number of aromatic carboxylic acids is 1. The van der Waals surface area contributed by atoms with E-state index >= 15 is 0 Å². The second-order valence-corrected chi connectivity index (χ2v) is 5.16. The van der Waals surface area contributed by atoms with Crippen LogP contribution in [0.3, 0.4) is 0 Å². The molecule has 0 atom stereocenters. The van der Waals surface area contributed by atoms with Gasteiger partial charge in [0.15, 0.2) is 0 Å². The van der Waals surface area contributed by atoms with Crippen LogP contribution in [0.15, 0.2) is 35.7 Å². The lowest BCUT2D eigenvalue weighted by Gasteiger charge is -2.07. The van der Waals surface area contributed by atoms with Gasteiger partial charge in [0, 0.05) is 6.54 Å². The fraction of sp³-hybridized carbons (Fsp3) is 0.182. The van der Waals surface area contributed by atoms with Crippen LogP contribution in [-0.2, 0) is 10.0 Å². The van der Waals surface area contributed by atoms with Gasteiger partial charge in [0.25, 0.3) is 0 Å². The number of hydrogen-bond donors (Lipinski definition) is 2. The van der Waals surface area contributed by atoms with E-state index < -0.39 is 26.7 Å². The minimum atomic E-state index is -3.97. The third-order valence-electron chi connectivity index (χ3n) is 2.11. The van der Waals surface area contributed by atoms with Gasteiger partial charge in [-0.15, -0.1) is 6.58 Å². The molecule has 1 aromatic rings. The number of nitrogens with one attached hydrogen (secondary N) is 1. The first kappa shape index (κ1) is 14.3. The molecule has 0 radical (unpaired) electrons. The maximum Gasteiger partial charge on any atom is 0.335 e. The van der Waals surface area contributed by atoms with Crippen molar-refractivity contribution < 1.29 is 22.7 Å². The summed E-state index contributed by atoms with van der Waals surface area (Å²) in [4.78, 5) is 10.0. The molecule has 0 amide bonds. The van der Waals surface area contributed by atoms with Crippen LogP contribution in [-0.4, -0.2) is 26.0 Å². The smallest absolute Gasteiger partial charge is 0.335 e. The Hall–Kier alpha value is -1.73. The van der Waals surface area contributed by atoms with Gasteiger partial charge >= 0.3 is 5.97 Å². The number of carboxylic acids is 1. The van der Waals surface area contributed by atoms with Crippen LogP contribution in [0.4, 0.5) is 4.39 Å². The van der Waals surface area contributed by atoms with Crippen LogP contribution in [0, 0.1) is 5.82 Å². The second kappa shape index (κ2) is 5.74. The Morgan fingerprint density at radius 2 is 2.17 bits per heavy atom. The maximum atomic E-state index is 13.5. The predicted octanol–water partition coefficient (Wildman–Crippen LogP) is 1.38. The number of carbonyl (C=O) groups is 1. The molecule has 0 saturated carbocycles. The number of carboxylic acid groups (broad SMARTS) is 1. The largest absolute Gasteiger partial charge is 0.478 e. The zero-order valence-corrected chi connectivity index (χ0v) is 10.2. The van der Waals surface area contributed by atoms with Gasteiger partial charge in [0.1, 0.15) is 10.7 Å². The lowest BCUT2D eigenvalue weighted by atomic mass is 10.2. The van der Waals surface area contributed by atoms with Crippen molar-refractivity contribution in [1.82, 2.24) is 4.72 Å². The topological polar surface area (TPSA) is 83.5 Å². The van der Waals surface area contributed by atoms with Crippen LogP contribution in [0.1, 0.15) is 16.8 Å². The molecule has 0 saturated heterocycles. The minimum Gasteiger partial charge on any atom is -0.478 e. The summed E-state index contributed by atoms with van der Waals surface area (Å²) in [5.74, 6) is -2.42. The van der Waals surface area contributed by atoms with Crippen molar-refractivity contribution in [3.05, 3.63) is 42.2 Å². The molecule has 5 nitrogen and oxygen atoms in total. The van der Waals surface area contributed by atoms with Gasteiger partial charge in [-0.3, -0.25) is 0 Å². The van der Waals surface area contributed by atoms with Crippen LogP contribution in [0.25, 0.3) is 0 Å². The van der Waals surface area contributed by atoms with Crippen molar-refractivity contribution in [2.24, 2.45) is 0 Å². The average Bonchev–Trinajstić information content (AvgIpc) is 2.28. The first-order valence-corrected chi connectivity index (χ1v) is 6.50. The molecule has 0 unspecified atom stereocenters. The second-order valence-electron chi connectivity index (χ2n) is 3.43.